The summed E-state index contributed by atoms with van der Waals surface area (Å²) >= 11 is 0. The molecule has 9 nitrogen and oxygen atoms in total. The van der Waals surface area contributed by atoms with Crippen LogP contribution in [0.2, 0.25) is 0 Å². The molecule has 1 saturated heterocycles. The Morgan fingerprint density at radius 3 is 2.37 bits per heavy atom. The van der Waals surface area contributed by atoms with E-state index in [2.05, 4.69) is 24.3 Å². The number of carbonyl (C=O) groups excluding carboxylic acids is 2. The number of carbonyl (C=O) groups is 2. The van der Waals surface area contributed by atoms with Gasteiger partial charge in [-0.05, 0) is 36.5 Å². The summed E-state index contributed by atoms with van der Waals surface area (Å²) in [6, 6.07) is 11.7. The van der Waals surface area contributed by atoms with Crippen molar-refractivity contribution >= 4 is 22.6 Å². The Morgan fingerprint density at radius 2 is 1.71 bits per heavy atom. The van der Waals surface area contributed by atoms with Crippen LogP contribution < -0.4 is 20.3 Å². The van der Waals surface area contributed by atoms with E-state index in [0.29, 0.717) is 52.9 Å². The highest BCUT2D eigenvalue weighted by atomic mass is 16.5. The summed E-state index contributed by atoms with van der Waals surface area (Å²) in [4.78, 5) is 41.1. The van der Waals surface area contributed by atoms with E-state index in [1.54, 1.807) is 47.4 Å². The van der Waals surface area contributed by atoms with E-state index in [-0.39, 0.29) is 18.1 Å². The number of amides is 2. The number of fused-ring (bicyclic) bond motifs is 1. The molecule has 0 unspecified atom stereocenters. The summed E-state index contributed by atoms with van der Waals surface area (Å²) in [5.41, 5.74) is 0.0182. The van der Waals surface area contributed by atoms with Crippen LogP contribution in [0.3, 0.4) is 0 Å². The van der Waals surface area contributed by atoms with E-state index in [9.17, 15) is 14.4 Å². The van der Waals surface area contributed by atoms with E-state index in [1.165, 1.54) is 14.2 Å². The maximum atomic E-state index is 13.3. The van der Waals surface area contributed by atoms with Crippen molar-refractivity contribution in [2.24, 2.45) is 11.8 Å². The number of hydrogen-bond donors (Lipinski definition) is 1. The summed E-state index contributed by atoms with van der Waals surface area (Å²) in [6.07, 6.45) is 1.09. The molecule has 1 fully saturated rings. The van der Waals surface area contributed by atoms with Gasteiger partial charge in [0.15, 0.2) is 5.69 Å². The number of hydrogen-bond acceptors (Lipinski definition) is 6. The van der Waals surface area contributed by atoms with Crippen molar-refractivity contribution < 1.29 is 19.1 Å². The molecule has 0 spiro atoms. The average Bonchev–Trinajstić information content (AvgIpc) is 2.86. The minimum Gasteiger partial charge on any atom is -0.497 e. The lowest BCUT2D eigenvalue weighted by molar-refractivity contribution is -0.132. The minimum absolute atomic E-state index is 0.0475. The van der Waals surface area contributed by atoms with Gasteiger partial charge in [-0.25, -0.2) is 0 Å². The lowest BCUT2D eigenvalue weighted by Gasteiger charge is -2.35. The van der Waals surface area contributed by atoms with Crippen molar-refractivity contribution in [2.45, 2.75) is 20.3 Å². The standard InChI is InChI=1S/C26H30N4O5/c1-16-11-17(2)15-29(14-16)23(31)13-27-25(32)24-19-7-5-6-8-20(19)26(33)30(28-24)21-10-9-18(34-3)12-22(21)35-4/h5-10,12,16-17H,11,13-15H2,1-4H3,(H,27,32)/t16-,17-/m1/s1. The molecule has 4 rings (SSSR count). The molecule has 184 valence electrons. The van der Waals surface area contributed by atoms with E-state index >= 15 is 0 Å². The molecule has 0 aliphatic carbocycles. The summed E-state index contributed by atoms with van der Waals surface area (Å²) in [5, 5.41) is 7.84. The first-order chi connectivity index (χ1) is 16.8. The molecule has 35 heavy (non-hydrogen) atoms. The molecule has 2 aromatic carbocycles. The molecule has 1 N–H and O–H groups in total. The van der Waals surface area contributed by atoms with Crippen LogP contribution in [0.25, 0.3) is 16.5 Å². The van der Waals surface area contributed by atoms with Crippen molar-refractivity contribution in [3.63, 3.8) is 0 Å². The Bertz CT molecular complexity index is 1310. The summed E-state index contributed by atoms with van der Waals surface area (Å²) in [6.45, 7) is 5.48. The highest BCUT2D eigenvalue weighted by Crippen LogP contribution is 2.27. The van der Waals surface area contributed by atoms with Crippen molar-refractivity contribution in [1.29, 1.82) is 0 Å². The molecule has 2 atom stereocenters. The third kappa shape index (κ3) is 4.99. The highest BCUT2D eigenvalue weighted by molar-refractivity contribution is 6.05. The maximum absolute atomic E-state index is 13.3. The third-order valence-electron chi connectivity index (χ3n) is 6.26. The Balaban J connectivity index is 1.68. The van der Waals surface area contributed by atoms with E-state index in [1.807, 2.05) is 0 Å². The monoisotopic (exact) mass is 478 g/mol. The van der Waals surface area contributed by atoms with E-state index in [0.717, 1.165) is 11.1 Å². The quantitative estimate of drug-likeness (QED) is 0.584. The Hall–Kier alpha value is -3.88. The first kappa shape index (κ1) is 24.3. The molecule has 0 bridgehead atoms. The van der Waals surface area contributed by atoms with Crippen LogP contribution in [-0.4, -0.2) is 60.3 Å². The van der Waals surface area contributed by atoms with E-state index in [4.69, 9.17) is 9.47 Å². The SMILES string of the molecule is COc1ccc(-n2nc(C(=O)NCC(=O)N3C[C@H](C)C[C@@H](C)C3)c3ccccc3c2=O)c(OC)c1. The van der Waals surface area contributed by atoms with Gasteiger partial charge < -0.3 is 19.7 Å². The topological polar surface area (TPSA) is 103 Å². The van der Waals surface area contributed by atoms with Crippen LogP contribution in [0.5, 0.6) is 11.5 Å². The molecule has 0 saturated carbocycles. The molecule has 9 heteroatoms. The number of benzene rings is 2. The maximum Gasteiger partial charge on any atom is 0.279 e. The zero-order chi connectivity index (χ0) is 25.1. The van der Waals surface area contributed by atoms with Crippen molar-refractivity contribution in [3.05, 3.63) is 58.5 Å². The number of piperidine rings is 1. The number of methoxy groups -OCH3 is 2. The summed E-state index contributed by atoms with van der Waals surface area (Å²) in [5.74, 6) is 1.10. The molecule has 2 heterocycles. The van der Waals surface area contributed by atoms with Gasteiger partial charge in [0.2, 0.25) is 5.91 Å². The Morgan fingerprint density at radius 1 is 1.03 bits per heavy atom. The fraction of sp³-hybridized carbons (Fsp3) is 0.385. The molecular weight excluding hydrogens is 448 g/mol. The first-order valence-corrected chi connectivity index (χ1v) is 11.6. The highest BCUT2D eigenvalue weighted by Gasteiger charge is 2.26. The van der Waals surface area contributed by atoms with Crippen molar-refractivity contribution in [1.82, 2.24) is 20.0 Å². The zero-order valence-corrected chi connectivity index (χ0v) is 20.4. The van der Waals surface area contributed by atoms with Gasteiger partial charge in [-0.1, -0.05) is 32.0 Å². The van der Waals surface area contributed by atoms with E-state index < -0.39 is 11.5 Å². The van der Waals surface area contributed by atoms with Gasteiger partial charge in [0.1, 0.15) is 17.2 Å². The van der Waals surface area contributed by atoms with Gasteiger partial charge in [0, 0.05) is 24.5 Å². The van der Waals surface area contributed by atoms with Gasteiger partial charge in [-0.15, -0.1) is 0 Å². The Kier molecular flexibility index (Phi) is 7.04. The van der Waals surface area contributed by atoms with Gasteiger partial charge in [-0.2, -0.15) is 9.78 Å². The van der Waals surface area contributed by atoms with Crippen LogP contribution in [0.4, 0.5) is 0 Å². The second-order valence-electron chi connectivity index (χ2n) is 9.08. The largest absolute Gasteiger partial charge is 0.497 e. The molecule has 3 aromatic rings. The first-order valence-electron chi connectivity index (χ1n) is 11.6. The lowest BCUT2D eigenvalue weighted by atomic mass is 9.92. The average molecular weight is 479 g/mol. The fourth-order valence-electron chi connectivity index (χ4n) is 4.70. The van der Waals surface area contributed by atoms with Crippen LogP contribution in [0.1, 0.15) is 30.8 Å². The third-order valence-corrected chi connectivity index (χ3v) is 6.26. The second-order valence-corrected chi connectivity index (χ2v) is 9.08. The Labute approximate surface area is 203 Å². The predicted octanol–water partition coefficient (Wildman–Crippen LogP) is 2.64. The normalized spacial score (nSPS) is 17.8. The smallest absolute Gasteiger partial charge is 0.279 e. The number of ether oxygens (including phenoxy) is 2. The van der Waals surface area contributed by atoms with Crippen molar-refractivity contribution in [2.75, 3.05) is 33.9 Å². The molecule has 1 aliphatic heterocycles. The van der Waals surface area contributed by atoms with Crippen LogP contribution >= 0.6 is 0 Å². The van der Waals surface area contributed by atoms with Crippen LogP contribution in [0.15, 0.2) is 47.3 Å². The van der Waals surface area contributed by atoms with Gasteiger partial charge >= 0.3 is 0 Å². The molecule has 1 aromatic heterocycles. The lowest BCUT2D eigenvalue weighted by Crippen LogP contribution is -2.47. The number of rotatable bonds is 6. The number of likely N-dealkylation sites (tertiary alicyclic amines) is 1. The molecule has 1 aliphatic rings. The van der Waals surface area contributed by atoms with Gasteiger partial charge in [0.25, 0.3) is 11.5 Å². The fourth-order valence-corrected chi connectivity index (χ4v) is 4.70. The van der Waals surface area contributed by atoms with Crippen LogP contribution in [0, 0.1) is 11.8 Å². The molecular formula is C26H30N4O5. The molecule has 2 amide bonds. The second kappa shape index (κ2) is 10.2. The molecule has 0 radical (unpaired) electrons. The van der Waals surface area contributed by atoms with Crippen LogP contribution in [-0.2, 0) is 4.79 Å². The summed E-state index contributed by atoms with van der Waals surface area (Å²) in [7, 11) is 3.01. The minimum atomic E-state index is -0.533. The predicted molar refractivity (Wildman–Crippen MR) is 132 cm³/mol. The number of nitrogens with one attached hydrogen (secondary N) is 1. The van der Waals surface area contributed by atoms with Crippen molar-refractivity contribution in [3.8, 4) is 17.2 Å². The van der Waals surface area contributed by atoms with Gasteiger partial charge in [0.05, 0.1) is 26.2 Å². The number of aromatic nitrogens is 2. The van der Waals surface area contributed by atoms with Gasteiger partial charge in [-0.3, -0.25) is 14.4 Å². The number of nitrogens with zero attached hydrogens (tertiary/aromatic N) is 3. The summed E-state index contributed by atoms with van der Waals surface area (Å²) < 4.78 is 11.8. The zero-order valence-electron chi connectivity index (χ0n) is 20.4.